The first-order valence-corrected chi connectivity index (χ1v) is 8.23. The summed E-state index contributed by atoms with van der Waals surface area (Å²) >= 11 is 6.00. The number of aliphatic hydroxyl groups excluding tert-OH is 1. The maximum atomic E-state index is 12.7. The Kier molecular flexibility index (Phi) is 4.90. The second-order valence-corrected chi connectivity index (χ2v) is 6.52. The molecule has 1 fully saturated rings. The summed E-state index contributed by atoms with van der Waals surface area (Å²) in [5.41, 5.74) is 1.50. The van der Waals surface area contributed by atoms with Gasteiger partial charge in [-0.1, -0.05) is 11.6 Å². The number of ether oxygens (including phenoxy) is 1. The van der Waals surface area contributed by atoms with Crippen LogP contribution in [-0.4, -0.2) is 66.2 Å². The third-order valence-electron chi connectivity index (χ3n) is 4.14. The highest BCUT2D eigenvalue weighted by molar-refractivity contribution is 6.30. The molecule has 1 atom stereocenters. The fraction of sp³-hybridized carbons (Fsp3) is 0.471. The van der Waals surface area contributed by atoms with Gasteiger partial charge < -0.3 is 14.7 Å². The van der Waals surface area contributed by atoms with E-state index in [0.717, 1.165) is 24.4 Å². The third kappa shape index (κ3) is 3.86. The zero-order valence-corrected chi connectivity index (χ0v) is 13.9. The maximum absolute atomic E-state index is 12.7. The van der Waals surface area contributed by atoms with Gasteiger partial charge in [0.2, 0.25) is 0 Å². The lowest BCUT2D eigenvalue weighted by Gasteiger charge is -2.36. The van der Waals surface area contributed by atoms with Gasteiger partial charge in [0.1, 0.15) is 12.4 Å². The van der Waals surface area contributed by atoms with Crippen molar-refractivity contribution in [3.8, 4) is 5.75 Å². The number of halogens is 1. The van der Waals surface area contributed by atoms with Crippen LogP contribution in [0.5, 0.6) is 5.75 Å². The van der Waals surface area contributed by atoms with E-state index in [1.54, 1.807) is 13.0 Å². The van der Waals surface area contributed by atoms with Crippen molar-refractivity contribution in [2.45, 2.75) is 13.0 Å². The maximum Gasteiger partial charge on any atom is 0.253 e. The Bertz CT molecular complexity index is 622. The number of β-amino-alcohol motifs (C(OH)–C–C–N with tert-alkyl or cyclic N) is 1. The van der Waals surface area contributed by atoms with Gasteiger partial charge in [0, 0.05) is 43.3 Å². The van der Waals surface area contributed by atoms with E-state index in [9.17, 15) is 9.90 Å². The smallest absolute Gasteiger partial charge is 0.253 e. The van der Waals surface area contributed by atoms with Crippen LogP contribution in [-0.2, 0) is 4.79 Å². The van der Waals surface area contributed by atoms with E-state index in [4.69, 9.17) is 16.3 Å². The molecule has 124 valence electrons. The van der Waals surface area contributed by atoms with Gasteiger partial charge in [-0.25, -0.2) is 0 Å². The highest BCUT2D eigenvalue weighted by atomic mass is 35.5. The second kappa shape index (κ2) is 6.91. The van der Waals surface area contributed by atoms with E-state index in [2.05, 4.69) is 4.90 Å². The molecule has 1 amide bonds. The zero-order valence-electron chi connectivity index (χ0n) is 13.2. The Labute approximate surface area is 141 Å². The normalized spacial score (nSPS) is 19.6. The molecule has 0 aliphatic carbocycles. The number of hydrogen-bond donors (Lipinski definition) is 1. The van der Waals surface area contributed by atoms with Gasteiger partial charge in [0.05, 0.1) is 11.7 Å². The fourth-order valence-corrected chi connectivity index (χ4v) is 3.16. The molecule has 2 aliphatic rings. The van der Waals surface area contributed by atoms with Gasteiger partial charge in [-0.15, -0.1) is 0 Å². The fourth-order valence-electron chi connectivity index (χ4n) is 2.98. The van der Waals surface area contributed by atoms with Crippen molar-refractivity contribution >= 4 is 23.6 Å². The quantitative estimate of drug-likeness (QED) is 0.911. The third-order valence-corrected chi connectivity index (χ3v) is 4.38. The SMILES string of the molecule is C[C@@H](O)CN1CCN(C(=O)C2=Cc3cc(Cl)ccc3OC2)CC1. The van der Waals surface area contributed by atoms with Gasteiger partial charge in [0.25, 0.3) is 5.91 Å². The number of aliphatic hydroxyl groups is 1. The monoisotopic (exact) mass is 336 g/mol. The van der Waals surface area contributed by atoms with Crippen molar-refractivity contribution in [1.29, 1.82) is 0 Å². The number of carbonyl (C=O) groups excluding carboxylic acids is 1. The number of carbonyl (C=O) groups is 1. The molecule has 3 rings (SSSR count). The van der Waals surface area contributed by atoms with Crippen LogP contribution in [0.15, 0.2) is 23.8 Å². The summed E-state index contributed by atoms with van der Waals surface area (Å²) in [5.74, 6) is 0.778. The number of hydrogen-bond acceptors (Lipinski definition) is 4. The molecular formula is C17H21ClN2O3. The molecule has 1 N–H and O–H groups in total. The highest BCUT2D eigenvalue weighted by Crippen LogP contribution is 2.29. The van der Waals surface area contributed by atoms with Crippen LogP contribution >= 0.6 is 11.6 Å². The Morgan fingerprint density at radius 3 is 2.78 bits per heavy atom. The van der Waals surface area contributed by atoms with E-state index < -0.39 is 0 Å². The molecule has 0 bridgehead atoms. The average Bonchev–Trinajstić information content (AvgIpc) is 2.53. The Morgan fingerprint density at radius 1 is 1.35 bits per heavy atom. The van der Waals surface area contributed by atoms with E-state index in [-0.39, 0.29) is 12.0 Å². The van der Waals surface area contributed by atoms with Crippen LogP contribution in [0.4, 0.5) is 0 Å². The van der Waals surface area contributed by atoms with Crippen molar-refractivity contribution < 1.29 is 14.6 Å². The molecule has 1 saturated heterocycles. The minimum atomic E-state index is -0.340. The van der Waals surface area contributed by atoms with E-state index in [1.807, 2.05) is 23.1 Å². The molecule has 0 unspecified atom stereocenters. The largest absolute Gasteiger partial charge is 0.488 e. The number of fused-ring (bicyclic) bond motifs is 1. The summed E-state index contributed by atoms with van der Waals surface area (Å²) in [7, 11) is 0. The van der Waals surface area contributed by atoms with Crippen molar-refractivity contribution in [3.05, 3.63) is 34.4 Å². The summed E-state index contributed by atoms with van der Waals surface area (Å²) in [6.07, 6.45) is 1.53. The van der Waals surface area contributed by atoms with E-state index in [0.29, 0.717) is 36.8 Å². The minimum Gasteiger partial charge on any atom is -0.488 e. The molecule has 1 aromatic rings. The van der Waals surface area contributed by atoms with Crippen LogP contribution in [0.1, 0.15) is 12.5 Å². The Morgan fingerprint density at radius 2 is 2.09 bits per heavy atom. The number of piperazine rings is 1. The predicted octanol–water partition coefficient (Wildman–Crippen LogP) is 1.64. The van der Waals surface area contributed by atoms with E-state index >= 15 is 0 Å². The van der Waals surface area contributed by atoms with Crippen LogP contribution in [0.25, 0.3) is 6.08 Å². The summed E-state index contributed by atoms with van der Waals surface area (Å²) in [4.78, 5) is 16.7. The van der Waals surface area contributed by atoms with Crippen molar-refractivity contribution in [1.82, 2.24) is 9.80 Å². The zero-order chi connectivity index (χ0) is 16.4. The first-order valence-electron chi connectivity index (χ1n) is 7.85. The summed E-state index contributed by atoms with van der Waals surface area (Å²) in [6.45, 7) is 5.64. The summed E-state index contributed by atoms with van der Waals surface area (Å²) in [5, 5.41) is 10.1. The van der Waals surface area contributed by atoms with Crippen LogP contribution in [0.3, 0.4) is 0 Å². The van der Waals surface area contributed by atoms with Crippen LogP contribution < -0.4 is 4.74 Å². The standard InChI is InChI=1S/C17H21ClN2O3/c1-12(21)10-19-4-6-20(7-5-19)17(22)14-8-13-9-15(18)2-3-16(13)23-11-14/h2-3,8-9,12,21H,4-7,10-11H2,1H3/t12-/m1/s1. The summed E-state index contributed by atoms with van der Waals surface area (Å²) < 4.78 is 5.66. The van der Waals surface area contributed by atoms with Gasteiger partial charge in [0.15, 0.2) is 0 Å². The molecule has 0 radical (unpaired) electrons. The molecule has 2 heterocycles. The van der Waals surface area contributed by atoms with Crippen LogP contribution in [0, 0.1) is 0 Å². The molecule has 0 saturated carbocycles. The van der Waals surface area contributed by atoms with Crippen molar-refractivity contribution in [2.75, 3.05) is 39.3 Å². The first-order chi connectivity index (χ1) is 11.0. The number of nitrogens with zero attached hydrogens (tertiary/aromatic N) is 2. The predicted molar refractivity (Wildman–Crippen MR) is 89.6 cm³/mol. The second-order valence-electron chi connectivity index (χ2n) is 6.08. The lowest BCUT2D eigenvalue weighted by atomic mass is 10.1. The van der Waals surface area contributed by atoms with Gasteiger partial charge in [-0.2, -0.15) is 0 Å². The number of rotatable bonds is 3. The van der Waals surface area contributed by atoms with Crippen molar-refractivity contribution in [2.24, 2.45) is 0 Å². The number of amides is 1. The Hall–Kier alpha value is -1.56. The molecule has 1 aromatic carbocycles. The summed E-state index contributed by atoms with van der Waals surface area (Å²) in [6, 6.07) is 5.41. The molecular weight excluding hydrogens is 316 g/mol. The molecule has 2 aliphatic heterocycles. The van der Waals surface area contributed by atoms with Gasteiger partial charge in [-0.05, 0) is 31.2 Å². The van der Waals surface area contributed by atoms with E-state index in [1.165, 1.54) is 0 Å². The Balaban J connectivity index is 1.65. The van der Waals surface area contributed by atoms with Gasteiger partial charge >= 0.3 is 0 Å². The number of benzene rings is 1. The van der Waals surface area contributed by atoms with Crippen molar-refractivity contribution in [3.63, 3.8) is 0 Å². The highest BCUT2D eigenvalue weighted by Gasteiger charge is 2.26. The lowest BCUT2D eigenvalue weighted by Crippen LogP contribution is -2.50. The van der Waals surface area contributed by atoms with Gasteiger partial charge in [-0.3, -0.25) is 9.69 Å². The topological polar surface area (TPSA) is 53.0 Å². The lowest BCUT2D eigenvalue weighted by molar-refractivity contribution is -0.129. The minimum absolute atomic E-state index is 0.0207. The molecule has 5 nitrogen and oxygen atoms in total. The molecule has 0 spiro atoms. The molecule has 23 heavy (non-hydrogen) atoms. The van der Waals surface area contributed by atoms with Crippen LogP contribution in [0.2, 0.25) is 5.02 Å². The molecule has 6 heteroatoms. The first kappa shape index (κ1) is 16.3. The average molecular weight is 337 g/mol. The molecule has 0 aromatic heterocycles.